The van der Waals surface area contributed by atoms with Crippen molar-refractivity contribution in [2.45, 2.75) is 39.7 Å². The molecule has 0 atom stereocenters. The predicted octanol–water partition coefficient (Wildman–Crippen LogP) is 2.85. The third-order valence-electron chi connectivity index (χ3n) is 3.22. The summed E-state index contributed by atoms with van der Waals surface area (Å²) in [5, 5.41) is 20.8. The van der Waals surface area contributed by atoms with Gasteiger partial charge in [0.25, 0.3) is 0 Å². The van der Waals surface area contributed by atoms with E-state index in [4.69, 9.17) is 0 Å². The van der Waals surface area contributed by atoms with Gasteiger partial charge in [-0.3, -0.25) is 14.9 Å². The van der Waals surface area contributed by atoms with Gasteiger partial charge in [0, 0.05) is 18.7 Å². The topological polar surface area (TPSA) is 83.7 Å². The molecule has 0 radical (unpaired) electrons. The SMILES string of the molecule is CCC(CC)N(CCO)c1sc(C(C)=O)cc1[N+](=O)[O-]. The number of carbonyl (C=O) groups is 1. The van der Waals surface area contributed by atoms with Crippen LogP contribution < -0.4 is 4.90 Å². The van der Waals surface area contributed by atoms with Gasteiger partial charge in [-0.25, -0.2) is 0 Å². The van der Waals surface area contributed by atoms with Crippen LogP contribution in [0.4, 0.5) is 10.7 Å². The maximum absolute atomic E-state index is 11.4. The first-order valence-corrected chi connectivity index (χ1v) is 7.44. The Labute approximate surface area is 122 Å². The molecule has 0 aliphatic heterocycles. The second-order valence-electron chi connectivity index (χ2n) is 4.50. The molecule has 1 aromatic heterocycles. The number of thiophene rings is 1. The Balaban J connectivity index is 3.30. The second kappa shape index (κ2) is 7.35. The summed E-state index contributed by atoms with van der Waals surface area (Å²) < 4.78 is 0. The van der Waals surface area contributed by atoms with Crippen molar-refractivity contribution in [3.8, 4) is 0 Å². The van der Waals surface area contributed by atoms with E-state index in [1.165, 1.54) is 13.0 Å². The number of anilines is 1. The summed E-state index contributed by atoms with van der Waals surface area (Å²) in [5.41, 5.74) is -0.0550. The molecule has 1 heterocycles. The molecule has 6 nitrogen and oxygen atoms in total. The summed E-state index contributed by atoms with van der Waals surface area (Å²) in [6.45, 7) is 5.65. The highest BCUT2D eigenvalue weighted by molar-refractivity contribution is 7.18. The summed E-state index contributed by atoms with van der Waals surface area (Å²) >= 11 is 1.13. The summed E-state index contributed by atoms with van der Waals surface area (Å²) in [6.07, 6.45) is 1.64. The van der Waals surface area contributed by atoms with E-state index in [9.17, 15) is 20.0 Å². The lowest BCUT2D eigenvalue weighted by Gasteiger charge is -2.30. The lowest BCUT2D eigenvalue weighted by Crippen LogP contribution is -2.36. The van der Waals surface area contributed by atoms with Gasteiger partial charge in [-0.15, -0.1) is 11.3 Å². The number of aliphatic hydroxyl groups excluding tert-OH is 1. The molecule has 0 aliphatic rings. The molecule has 0 aromatic carbocycles. The van der Waals surface area contributed by atoms with Crippen LogP contribution >= 0.6 is 11.3 Å². The van der Waals surface area contributed by atoms with Crippen molar-refractivity contribution in [3.05, 3.63) is 21.1 Å². The van der Waals surface area contributed by atoms with E-state index in [1.54, 1.807) is 0 Å². The fourth-order valence-corrected chi connectivity index (χ4v) is 3.29. The molecule has 1 rings (SSSR count). The molecule has 0 spiro atoms. The Bertz CT molecular complexity index is 483. The van der Waals surface area contributed by atoms with Crippen molar-refractivity contribution in [1.29, 1.82) is 0 Å². The number of Topliss-reactive ketones (excluding diaryl/α,β-unsaturated/α-hetero) is 1. The van der Waals surface area contributed by atoms with Gasteiger partial charge in [0.1, 0.15) is 0 Å². The third-order valence-corrected chi connectivity index (χ3v) is 4.48. The lowest BCUT2D eigenvalue weighted by atomic mass is 10.1. The van der Waals surface area contributed by atoms with E-state index in [-0.39, 0.29) is 24.1 Å². The Morgan fingerprint density at radius 1 is 1.50 bits per heavy atom. The Hall–Kier alpha value is -1.47. The number of nitrogens with zero attached hydrogens (tertiary/aromatic N) is 2. The Morgan fingerprint density at radius 3 is 2.50 bits per heavy atom. The highest BCUT2D eigenvalue weighted by atomic mass is 32.1. The van der Waals surface area contributed by atoms with Gasteiger partial charge in [-0.2, -0.15) is 0 Å². The van der Waals surface area contributed by atoms with Crippen LogP contribution in [0, 0.1) is 10.1 Å². The molecule has 7 heteroatoms. The number of hydrogen-bond donors (Lipinski definition) is 1. The maximum atomic E-state index is 11.4. The molecule has 20 heavy (non-hydrogen) atoms. The summed E-state index contributed by atoms with van der Waals surface area (Å²) in [5.74, 6) is -0.183. The molecule has 0 fully saturated rings. The zero-order valence-corrected chi connectivity index (χ0v) is 12.8. The molecular formula is C13H20N2O4S. The highest BCUT2D eigenvalue weighted by Gasteiger charge is 2.28. The zero-order chi connectivity index (χ0) is 15.3. The average molecular weight is 300 g/mol. The molecule has 1 aromatic rings. The zero-order valence-electron chi connectivity index (χ0n) is 12.0. The third kappa shape index (κ3) is 3.55. The first-order chi connectivity index (χ1) is 9.46. The van der Waals surface area contributed by atoms with E-state index in [2.05, 4.69) is 0 Å². The van der Waals surface area contributed by atoms with Crippen LogP contribution in [0.1, 0.15) is 43.3 Å². The molecule has 0 bridgehead atoms. The van der Waals surface area contributed by atoms with Crippen molar-refractivity contribution in [2.75, 3.05) is 18.1 Å². The van der Waals surface area contributed by atoms with Gasteiger partial charge in [-0.05, 0) is 19.8 Å². The van der Waals surface area contributed by atoms with Gasteiger partial charge < -0.3 is 10.0 Å². The first-order valence-electron chi connectivity index (χ1n) is 6.62. The maximum Gasteiger partial charge on any atom is 0.304 e. The molecule has 1 N–H and O–H groups in total. The normalized spacial score (nSPS) is 10.8. The number of nitro groups is 1. The quantitative estimate of drug-likeness (QED) is 0.453. The van der Waals surface area contributed by atoms with Crippen molar-refractivity contribution in [2.24, 2.45) is 0 Å². The van der Waals surface area contributed by atoms with Gasteiger partial charge in [0.05, 0.1) is 16.4 Å². The summed E-state index contributed by atoms with van der Waals surface area (Å²) in [7, 11) is 0. The monoisotopic (exact) mass is 300 g/mol. The molecule has 0 saturated carbocycles. The van der Waals surface area contributed by atoms with Crippen molar-refractivity contribution in [3.63, 3.8) is 0 Å². The first kappa shape index (κ1) is 16.6. The van der Waals surface area contributed by atoms with Crippen molar-refractivity contribution in [1.82, 2.24) is 0 Å². The number of hydrogen-bond acceptors (Lipinski definition) is 6. The highest BCUT2D eigenvalue weighted by Crippen LogP contribution is 2.39. The van der Waals surface area contributed by atoms with Crippen molar-refractivity contribution >= 4 is 27.8 Å². The average Bonchev–Trinajstić information content (AvgIpc) is 2.84. The Morgan fingerprint density at radius 2 is 2.10 bits per heavy atom. The van der Waals surface area contributed by atoms with E-state index >= 15 is 0 Å². The van der Waals surface area contributed by atoms with Gasteiger partial charge in [-0.1, -0.05) is 13.8 Å². The number of carbonyl (C=O) groups excluding carboxylic acids is 1. The van der Waals surface area contributed by atoms with Crippen LogP contribution in [-0.2, 0) is 0 Å². The minimum atomic E-state index is -0.467. The number of ketones is 1. The largest absolute Gasteiger partial charge is 0.395 e. The van der Waals surface area contributed by atoms with E-state index in [0.717, 1.165) is 24.2 Å². The second-order valence-corrected chi connectivity index (χ2v) is 5.53. The van der Waals surface area contributed by atoms with Crippen molar-refractivity contribution < 1.29 is 14.8 Å². The smallest absolute Gasteiger partial charge is 0.304 e. The number of aliphatic hydroxyl groups is 1. The molecule has 0 amide bonds. The van der Waals surface area contributed by atoms with Crippen LogP contribution in [0.2, 0.25) is 0 Å². The molecule has 0 aliphatic carbocycles. The standard InChI is InChI=1S/C13H20N2O4S/c1-4-10(5-2)14(6-7-16)13-11(15(18)19)8-12(20-13)9(3)17/h8,10,16H,4-7H2,1-3H3. The van der Waals surface area contributed by atoms with Gasteiger partial charge >= 0.3 is 5.69 Å². The molecule has 112 valence electrons. The van der Waals surface area contributed by atoms with Crippen LogP contribution in [-0.4, -0.2) is 35.0 Å². The van der Waals surface area contributed by atoms with E-state index in [0.29, 0.717) is 16.4 Å². The minimum absolute atomic E-state index is 0.0550. The van der Waals surface area contributed by atoms with Crippen LogP contribution in [0.25, 0.3) is 0 Å². The van der Waals surface area contributed by atoms with Crippen LogP contribution in [0.5, 0.6) is 0 Å². The summed E-state index contributed by atoms with van der Waals surface area (Å²) in [6, 6.07) is 1.44. The molecular weight excluding hydrogens is 280 g/mol. The van der Waals surface area contributed by atoms with Crippen LogP contribution in [0.3, 0.4) is 0 Å². The Kier molecular flexibility index (Phi) is 6.09. The molecule has 0 unspecified atom stereocenters. The number of rotatable bonds is 8. The lowest BCUT2D eigenvalue weighted by molar-refractivity contribution is -0.383. The fraction of sp³-hybridized carbons (Fsp3) is 0.615. The van der Waals surface area contributed by atoms with Crippen LogP contribution in [0.15, 0.2) is 6.07 Å². The van der Waals surface area contributed by atoms with Gasteiger partial charge in [0.2, 0.25) is 0 Å². The fourth-order valence-electron chi connectivity index (χ4n) is 2.17. The van der Waals surface area contributed by atoms with Gasteiger partial charge in [0.15, 0.2) is 10.8 Å². The predicted molar refractivity (Wildman–Crippen MR) is 79.8 cm³/mol. The van der Waals surface area contributed by atoms with E-state index < -0.39 is 4.92 Å². The summed E-state index contributed by atoms with van der Waals surface area (Å²) in [4.78, 5) is 24.4. The van der Waals surface area contributed by atoms with E-state index in [1.807, 2.05) is 18.7 Å². The minimum Gasteiger partial charge on any atom is -0.395 e. The molecule has 0 saturated heterocycles.